The Morgan fingerprint density at radius 2 is 1.57 bits per heavy atom. The molecule has 0 aliphatic rings. The lowest BCUT2D eigenvalue weighted by atomic mass is 9.99. The fourth-order valence-corrected chi connectivity index (χ4v) is 4.66. The van der Waals surface area contributed by atoms with Gasteiger partial charge in [0.25, 0.3) is 0 Å². The lowest BCUT2D eigenvalue weighted by Gasteiger charge is -2.07. The fraction of sp³-hybridized carbons (Fsp3) is 0.429. The monoisotopic (exact) mass is 326 g/mol. The van der Waals surface area contributed by atoms with E-state index in [1.54, 1.807) is 0 Å². The molecule has 0 radical (unpaired) electrons. The Morgan fingerprint density at radius 3 is 2.26 bits per heavy atom. The summed E-state index contributed by atoms with van der Waals surface area (Å²) in [6.45, 7) is 9.50. The Bertz CT molecular complexity index is 829. The molecule has 0 fully saturated rings. The van der Waals surface area contributed by atoms with Crippen molar-refractivity contribution in [2.24, 2.45) is 0 Å². The van der Waals surface area contributed by atoms with Crippen LogP contribution in [-0.4, -0.2) is 6.61 Å². The molecule has 2 aromatic carbocycles. The topological polar surface area (TPSA) is 9.23 Å². The third kappa shape index (κ3) is 2.97. The molecule has 3 rings (SSSR count). The lowest BCUT2D eigenvalue weighted by molar-refractivity contribution is 0.338. The minimum atomic E-state index is 0.720. The van der Waals surface area contributed by atoms with Crippen molar-refractivity contribution in [2.45, 2.75) is 53.4 Å². The van der Waals surface area contributed by atoms with Crippen LogP contribution in [-0.2, 0) is 6.42 Å². The SMILES string of the molecule is CCCCCc1ccc2c(sc3c(C)c(OCC)ccc32)c1C. The van der Waals surface area contributed by atoms with Crippen LogP contribution in [0, 0.1) is 13.8 Å². The Hall–Kier alpha value is -1.54. The number of aryl methyl sites for hydroxylation is 3. The molecule has 0 amide bonds. The van der Waals surface area contributed by atoms with Crippen LogP contribution in [0.15, 0.2) is 24.3 Å². The van der Waals surface area contributed by atoms with Crippen molar-refractivity contribution in [2.75, 3.05) is 6.61 Å². The number of hydrogen-bond donors (Lipinski definition) is 0. The highest BCUT2D eigenvalue weighted by molar-refractivity contribution is 7.26. The standard InChI is InChI=1S/C21H26OS/c1-5-7-8-9-16-10-11-17-18-12-13-19(22-6-2)15(4)21(18)23-20(17)14(16)3/h10-13H,5-9H2,1-4H3. The summed E-state index contributed by atoms with van der Waals surface area (Å²) in [5, 5.41) is 2.77. The Kier molecular flexibility index (Phi) is 4.91. The Morgan fingerprint density at radius 1 is 0.870 bits per heavy atom. The third-order valence-corrected chi connectivity index (χ3v) is 6.18. The van der Waals surface area contributed by atoms with E-state index in [9.17, 15) is 0 Å². The molecule has 1 nitrogen and oxygen atoms in total. The van der Waals surface area contributed by atoms with E-state index < -0.39 is 0 Å². The molecule has 1 heterocycles. The Balaban J connectivity index is 2.11. The smallest absolute Gasteiger partial charge is 0.123 e. The van der Waals surface area contributed by atoms with Crippen molar-refractivity contribution in [3.05, 3.63) is 41.0 Å². The van der Waals surface area contributed by atoms with Gasteiger partial charge in [-0.3, -0.25) is 0 Å². The Labute approximate surface area is 143 Å². The van der Waals surface area contributed by atoms with Gasteiger partial charge in [0.15, 0.2) is 0 Å². The molecular formula is C21H26OS. The second kappa shape index (κ2) is 6.92. The predicted octanol–water partition coefficient (Wildman–Crippen LogP) is 6.80. The van der Waals surface area contributed by atoms with Gasteiger partial charge in [-0.25, -0.2) is 0 Å². The van der Waals surface area contributed by atoms with Gasteiger partial charge in [-0.2, -0.15) is 0 Å². The molecule has 122 valence electrons. The second-order valence-corrected chi connectivity index (χ2v) is 7.30. The van der Waals surface area contributed by atoms with Gasteiger partial charge < -0.3 is 4.74 Å². The minimum Gasteiger partial charge on any atom is -0.494 e. The van der Waals surface area contributed by atoms with Crippen molar-refractivity contribution in [1.29, 1.82) is 0 Å². The molecule has 0 N–H and O–H groups in total. The molecule has 0 atom stereocenters. The second-order valence-electron chi connectivity index (χ2n) is 6.28. The number of rotatable bonds is 6. The summed E-state index contributed by atoms with van der Waals surface area (Å²) in [6.07, 6.45) is 5.10. The molecule has 0 spiro atoms. The van der Waals surface area contributed by atoms with E-state index in [4.69, 9.17) is 4.74 Å². The number of unbranched alkanes of at least 4 members (excludes halogenated alkanes) is 2. The zero-order valence-corrected chi connectivity index (χ0v) is 15.5. The zero-order chi connectivity index (χ0) is 16.4. The van der Waals surface area contributed by atoms with Crippen molar-refractivity contribution in [3.8, 4) is 5.75 Å². The zero-order valence-electron chi connectivity index (χ0n) is 14.7. The van der Waals surface area contributed by atoms with Gasteiger partial charge in [0.1, 0.15) is 5.75 Å². The quantitative estimate of drug-likeness (QED) is 0.452. The van der Waals surface area contributed by atoms with E-state index in [1.165, 1.54) is 62.5 Å². The summed E-state index contributed by atoms with van der Waals surface area (Å²) in [5.41, 5.74) is 4.26. The van der Waals surface area contributed by atoms with Crippen LogP contribution in [0.1, 0.15) is 49.8 Å². The molecular weight excluding hydrogens is 300 g/mol. The van der Waals surface area contributed by atoms with Gasteiger partial charge in [0.2, 0.25) is 0 Å². The first-order valence-corrected chi connectivity index (χ1v) is 9.56. The van der Waals surface area contributed by atoms with Crippen LogP contribution in [0.3, 0.4) is 0 Å². The number of benzene rings is 2. The van der Waals surface area contributed by atoms with E-state index in [1.807, 2.05) is 18.3 Å². The van der Waals surface area contributed by atoms with E-state index in [-0.39, 0.29) is 0 Å². The minimum absolute atomic E-state index is 0.720. The van der Waals surface area contributed by atoms with Crippen molar-refractivity contribution < 1.29 is 4.74 Å². The molecule has 0 unspecified atom stereocenters. The normalized spacial score (nSPS) is 11.5. The third-order valence-electron chi connectivity index (χ3n) is 4.72. The molecule has 23 heavy (non-hydrogen) atoms. The first-order chi connectivity index (χ1) is 11.2. The summed E-state index contributed by atoms with van der Waals surface area (Å²) >= 11 is 1.93. The van der Waals surface area contributed by atoms with Crippen molar-refractivity contribution in [1.82, 2.24) is 0 Å². The summed E-state index contributed by atoms with van der Waals surface area (Å²) in [4.78, 5) is 0. The molecule has 3 aromatic rings. The van der Waals surface area contributed by atoms with Gasteiger partial charge in [0, 0.05) is 25.7 Å². The average molecular weight is 327 g/mol. The predicted molar refractivity (Wildman–Crippen MR) is 103 cm³/mol. The highest BCUT2D eigenvalue weighted by Crippen LogP contribution is 2.41. The maximum absolute atomic E-state index is 5.77. The summed E-state index contributed by atoms with van der Waals surface area (Å²) in [7, 11) is 0. The first kappa shape index (κ1) is 16.3. The van der Waals surface area contributed by atoms with Gasteiger partial charge >= 0.3 is 0 Å². The van der Waals surface area contributed by atoms with Crippen molar-refractivity contribution >= 4 is 31.5 Å². The summed E-state index contributed by atoms with van der Waals surface area (Å²) < 4.78 is 8.59. The van der Waals surface area contributed by atoms with Gasteiger partial charge in [0.05, 0.1) is 6.61 Å². The van der Waals surface area contributed by atoms with Gasteiger partial charge in [-0.1, -0.05) is 31.9 Å². The maximum atomic E-state index is 5.77. The molecule has 0 aliphatic heterocycles. The molecule has 2 heteroatoms. The summed E-state index contributed by atoms with van der Waals surface area (Å²) in [5.74, 6) is 1.02. The van der Waals surface area contributed by atoms with Crippen LogP contribution in [0.25, 0.3) is 20.2 Å². The number of ether oxygens (including phenoxy) is 1. The molecule has 0 aliphatic carbocycles. The maximum Gasteiger partial charge on any atom is 0.123 e. The van der Waals surface area contributed by atoms with Crippen LogP contribution in [0.4, 0.5) is 0 Å². The molecule has 0 bridgehead atoms. The molecule has 1 aromatic heterocycles. The largest absolute Gasteiger partial charge is 0.494 e. The van der Waals surface area contributed by atoms with E-state index in [2.05, 4.69) is 45.0 Å². The van der Waals surface area contributed by atoms with Crippen LogP contribution < -0.4 is 4.74 Å². The average Bonchev–Trinajstić information content (AvgIpc) is 2.93. The number of thiophene rings is 1. The van der Waals surface area contributed by atoms with Crippen molar-refractivity contribution in [3.63, 3.8) is 0 Å². The summed E-state index contributed by atoms with van der Waals surface area (Å²) in [6, 6.07) is 9.01. The molecule has 0 saturated heterocycles. The van der Waals surface area contributed by atoms with Gasteiger partial charge in [-0.15, -0.1) is 11.3 Å². The fourth-order valence-electron chi connectivity index (χ4n) is 3.34. The number of hydrogen-bond acceptors (Lipinski definition) is 2. The highest BCUT2D eigenvalue weighted by Gasteiger charge is 2.13. The molecule has 0 saturated carbocycles. The number of fused-ring (bicyclic) bond motifs is 3. The lowest BCUT2D eigenvalue weighted by Crippen LogP contribution is -1.93. The van der Waals surface area contributed by atoms with E-state index in [0.29, 0.717) is 0 Å². The van der Waals surface area contributed by atoms with Crippen LogP contribution >= 0.6 is 11.3 Å². The van der Waals surface area contributed by atoms with Crippen LogP contribution in [0.2, 0.25) is 0 Å². The first-order valence-electron chi connectivity index (χ1n) is 8.74. The van der Waals surface area contributed by atoms with Crippen LogP contribution in [0.5, 0.6) is 5.75 Å². The van der Waals surface area contributed by atoms with E-state index in [0.717, 1.165) is 12.4 Å². The van der Waals surface area contributed by atoms with Gasteiger partial charge in [-0.05, 0) is 56.9 Å². The van der Waals surface area contributed by atoms with E-state index >= 15 is 0 Å². The highest BCUT2D eigenvalue weighted by atomic mass is 32.1.